The van der Waals surface area contributed by atoms with Crippen LogP contribution >= 0.6 is 0 Å². The van der Waals surface area contributed by atoms with Gasteiger partial charge in [-0.3, -0.25) is 0 Å². The standard InChI is InChI=1S/C12H13N3O2/c1-15-6-13-8-5-9(12(16)17)14-10(11(8)15)7-3-2-4-7/h5-7H,2-4H2,1H3,(H,16,17). The maximum absolute atomic E-state index is 11.0. The van der Waals surface area contributed by atoms with Gasteiger partial charge in [0.1, 0.15) is 0 Å². The summed E-state index contributed by atoms with van der Waals surface area (Å²) < 4.78 is 1.92. The molecule has 17 heavy (non-hydrogen) atoms. The molecule has 0 aromatic carbocycles. The number of aromatic carboxylic acids is 1. The van der Waals surface area contributed by atoms with Gasteiger partial charge in [-0.05, 0) is 18.9 Å². The van der Waals surface area contributed by atoms with Gasteiger partial charge in [0.25, 0.3) is 0 Å². The van der Waals surface area contributed by atoms with E-state index in [2.05, 4.69) is 9.97 Å². The number of carboxylic acid groups (broad SMARTS) is 1. The highest BCUT2D eigenvalue weighted by Gasteiger charge is 2.26. The van der Waals surface area contributed by atoms with Crippen LogP contribution in [0, 0.1) is 0 Å². The van der Waals surface area contributed by atoms with Crippen molar-refractivity contribution < 1.29 is 9.90 Å². The fourth-order valence-corrected chi connectivity index (χ4v) is 2.29. The molecule has 5 nitrogen and oxygen atoms in total. The summed E-state index contributed by atoms with van der Waals surface area (Å²) in [6, 6.07) is 1.54. The van der Waals surface area contributed by atoms with Gasteiger partial charge in [0.15, 0.2) is 5.69 Å². The molecule has 1 N–H and O–H groups in total. The minimum absolute atomic E-state index is 0.0955. The second-order valence-electron chi connectivity index (χ2n) is 4.55. The first kappa shape index (κ1) is 10.3. The van der Waals surface area contributed by atoms with Crippen LogP contribution in [0.2, 0.25) is 0 Å². The van der Waals surface area contributed by atoms with E-state index in [1.165, 1.54) is 6.42 Å². The molecule has 0 atom stereocenters. The van der Waals surface area contributed by atoms with Crippen LogP contribution in [0.5, 0.6) is 0 Å². The molecule has 0 aliphatic heterocycles. The van der Waals surface area contributed by atoms with Crippen LogP contribution in [0.1, 0.15) is 41.4 Å². The van der Waals surface area contributed by atoms with Gasteiger partial charge in [-0.25, -0.2) is 14.8 Å². The van der Waals surface area contributed by atoms with E-state index in [0.29, 0.717) is 5.92 Å². The minimum Gasteiger partial charge on any atom is -0.477 e. The summed E-state index contributed by atoms with van der Waals surface area (Å²) in [5, 5.41) is 9.05. The second kappa shape index (κ2) is 3.55. The zero-order valence-corrected chi connectivity index (χ0v) is 9.55. The van der Waals surface area contributed by atoms with E-state index in [1.807, 2.05) is 11.6 Å². The Hall–Kier alpha value is -1.91. The molecule has 88 valence electrons. The van der Waals surface area contributed by atoms with Gasteiger partial charge in [-0.2, -0.15) is 0 Å². The molecule has 2 heterocycles. The van der Waals surface area contributed by atoms with Crippen molar-refractivity contribution in [1.29, 1.82) is 0 Å². The summed E-state index contributed by atoms with van der Waals surface area (Å²) in [7, 11) is 1.92. The third-order valence-electron chi connectivity index (χ3n) is 3.43. The number of imidazole rings is 1. The van der Waals surface area contributed by atoms with Crippen LogP contribution in [0.4, 0.5) is 0 Å². The van der Waals surface area contributed by atoms with Gasteiger partial charge < -0.3 is 9.67 Å². The summed E-state index contributed by atoms with van der Waals surface area (Å²) in [4.78, 5) is 19.6. The number of carbonyl (C=O) groups is 1. The van der Waals surface area contributed by atoms with Crippen LogP contribution in [0.15, 0.2) is 12.4 Å². The Morgan fingerprint density at radius 1 is 1.53 bits per heavy atom. The summed E-state index contributed by atoms with van der Waals surface area (Å²) in [5.74, 6) is -0.592. The highest BCUT2D eigenvalue weighted by atomic mass is 16.4. The molecule has 0 unspecified atom stereocenters. The lowest BCUT2D eigenvalue weighted by molar-refractivity contribution is 0.0690. The smallest absolute Gasteiger partial charge is 0.354 e. The van der Waals surface area contributed by atoms with E-state index >= 15 is 0 Å². The maximum Gasteiger partial charge on any atom is 0.354 e. The third kappa shape index (κ3) is 1.50. The Labute approximate surface area is 98.1 Å². The normalized spacial score (nSPS) is 16.1. The fraction of sp³-hybridized carbons (Fsp3) is 0.417. The molecule has 0 saturated heterocycles. The van der Waals surface area contributed by atoms with E-state index in [9.17, 15) is 4.79 Å². The molecule has 0 bridgehead atoms. The molecule has 2 aromatic heterocycles. The van der Waals surface area contributed by atoms with E-state index < -0.39 is 5.97 Å². The SMILES string of the molecule is Cn1cnc2cc(C(=O)O)nc(C3CCC3)c21. The lowest BCUT2D eigenvalue weighted by Gasteiger charge is -2.25. The van der Waals surface area contributed by atoms with Crippen LogP contribution in [-0.2, 0) is 7.05 Å². The molecule has 3 rings (SSSR count). The van der Waals surface area contributed by atoms with Gasteiger partial charge in [-0.15, -0.1) is 0 Å². The van der Waals surface area contributed by atoms with Gasteiger partial charge in [0, 0.05) is 13.0 Å². The Bertz CT molecular complexity index is 599. The van der Waals surface area contributed by atoms with Crippen molar-refractivity contribution in [3.63, 3.8) is 0 Å². The highest BCUT2D eigenvalue weighted by molar-refractivity contribution is 5.91. The summed E-state index contributed by atoms with van der Waals surface area (Å²) in [6.07, 6.45) is 5.09. The van der Waals surface area contributed by atoms with Crippen LogP contribution in [-0.4, -0.2) is 25.6 Å². The first-order valence-corrected chi connectivity index (χ1v) is 5.72. The molecule has 0 radical (unpaired) electrons. The van der Waals surface area contributed by atoms with Crippen LogP contribution < -0.4 is 0 Å². The summed E-state index contributed by atoms with van der Waals surface area (Å²) >= 11 is 0. The quantitative estimate of drug-likeness (QED) is 0.857. The van der Waals surface area contributed by atoms with Gasteiger partial charge in [0.05, 0.1) is 23.1 Å². The molecule has 2 aromatic rings. The molecular formula is C12H13N3O2. The Morgan fingerprint density at radius 2 is 2.29 bits per heavy atom. The number of nitrogens with zero attached hydrogens (tertiary/aromatic N) is 3. The predicted octanol–water partition coefficient (Wildman–Crippen LogP) is 1.93. The third-order valence-corrected chi connectivity index (χ3v) is 3.43. The molecule has 1 aliphatic carbocycles. The number of pyridine rings is 1. The first-order chi connectivity index (χ1) is 8.16. The van der Waals surface area contributed by atoms with Crippen molar-refractivity contribution in [1.82, 2.24) is 14.5 Å². The molecule has 0 spiro atoms. The number of rotatable bonds is 2. The Morgan fingerprint density at radius 3 is 2.88 bits per heavy atom. The fourth-order valence-electron chi connectivity index (χ4n) is 2.29. The van der Waals surface area contributed by atoms with Crippen molar-refractivity contribution >= 4 is 17.0 Å². The van der Waals surface area contributed by atoms with E-state index in [0.717, 1.165) is 29.6 Å². The Kier molecular flexibility index (Phi) is 2.14. The summed E-state index contributed by atoms with van der Waals surface area (Å²) in [6.45, 7) is 0. The molecular weight excluding hydrogens is 218 g/mol. The monoisotopic (exact) mass is 231 g/mol. The van der Waals surface area contributed by atoms with Crippen molar-refractivity contribution in [3.8, 4) is 0 Å². The lowest BCUT2D eigenvalue weighted by Crippen LogP contribution is -2.14. The number of aromatic nitrogens is 3. The van der Waals surface area contributed by atoms with Crippen LogP contribution in [0.25, 0.3) is 11.0 Å². The predicted molar refractivity (Wildman–Crippen MR) is 62.1 cm³/mol. The van der Waals surface area contributed by atoms with E-state index in [1.54, 1.807) is 12.4 Å². The van der Waals surface area contributed by atoms with Crippen LogP contribution in [0.3, 0.4) is 0 Å². The number of hydrogen-bond acceptors (Lipinski definition) is 3. The number of hydrogen-bond donors (Lipinski definition) is 1. The molecule has 1 saturated carbocycles. The molecule has 1 fully saturated rings. The average molecular weight is 231 g/mol. The average Bonchev–Trinajstić information content (AvgIpc) is 2.58. The zero-order chi connectivity index (χ0) is 12.0. The van der Waals surface area contributed by atoms with E-state index in [4.69, 9.17) is 5.11 Å². The largest absolute Gasteiger partial charge is 0.477 e. The second-order valence-corrected chi connectivity index (χ2v) is 4.55. The van der Waals surface area contributed by atoms with Gasteiger partial charge in [0.2, 0.25) is 0 Å². The van der Waals surface area contributed by atoms with Crippen molar-refractivity contribution in [2.45, 2.75) is 25.2 Å². The van der Waals surface area contributed by atoms with Gasteiger partial charge >= 0.3 is 5.97 Å². The number of fused-ring (bicyclic) bond motifs is 1. The topological polar surface area (TPSA) is 68.0 Å². The molecule has 5 heteroatoms. The van der Waals surface area contributed by atoms with Gasteiger partial charge in [-0.1, -0.05) is 6.42 Å². The highest BCUT2D eigenvalue weighted by Crippen LogP contribution is 2.38. The maximum atomic E-state index is 11.0. The van der Waals surface area contributed by atoms with Crippen molar-refractivity contribution in [2.75, 3.05) is 0 Å². The first-order valence-electron chi connectivity index (χ1n) is 5.72. The minimum atomic E-state index is -0.988. The van der Waals surface area contributed by atoms with E-state index in [-0.39, 0.29) is 5.69 Å². The molecule has 0 amide bonds. The molecule has 1 aliphatic rings. The Balaban J connectivity index is 2.26. The number of carboxylic acids is 1. The zero-order valence-electron chi connectivity index (χ0n) is 9.55. The lowest BCUT2D eigenvalue weighted by atomic mass is 9.82. The number of aryl methyl sites for hydroxylation is 1. The summed E-state index contributed by atoms with van der Waals surface area (Å²) in [5.41, 5.74) is 2.69. The van der Waals surface area contributed by atoms with Crippen molar-refractivity contribution in [2.24, 2.45) is 7.05 Å². The van der Waals surface area contributed by atoms with Crippen molar-refractivity contribution in [3.05, 3.63) is 23.8 Å².